The first-order valence-electron chi connectivity index (χ1n) is 9.02. The van der Waals surface area contributed by atoms with E-state index in [9.17, 15) is 21.6 Å². The van der Waals surface area contributed by atoms with Crippen LogP contribution in [0.4, 0.5) is 13.2 Å². The Balaban J connectivity index is 3.38. The number of nitrogens with one attached hydrogen (secondary N) is 1. The van der Waals surface area contributed by atoms with Gasteiger partial charge >= 0.3 is 15.5 Å². The van der Waals surface area contributed by atoms with Gasteiger partial charge in [-0.15, -0.1) is 5.54 Å². The highest BCUT2D eigenvalue weighted by molar-refractivity contribution is 7.90. The summed E-state index contributed by atoms with van der Waals surface area (Å²) in [6, 6.07) is 4.56. The zero-order chi connectivity index (χ0) is 21.9. The van der Waals surface area contributed by atoms with Crippen LogP contribution in [0.3, 0.4) is 0 Å². The predicted molar refractivity (Wildman–Crippen MR) is 111 cm³/mol. The Kier molecular flexibility index (Phi) is 8.23. The Labute approximate surface area is 172 Å². The van der Waals surface area contributed by atoms with E-state index in [0.717, 1.165) is 0 Å². The van der Waals surface area contributed by atoms with Crippen molar-refractivity contribution in [3.8, 4) is 11.5 Å². The minimum atomic E-state index is -5.43. The molecule has 158 valence electrons. The molecule has 0 radical (unpaired) electrons. The normalized spacial score (nSPS) is 13.2. The summed E-state index contributed by atoms with van der Waals surface area (Å²) in [4.78, 5) is 0. The van der Waals surface area contributed by atoms with Crippen molar-refractivity contribution in [1.82, 2.24) is 4.72 Å². The summed E-state index contributed by atoms with van der Waals surface area (Å²) < 4.78 is 61.9. The van der Waals surface area contributed by atoms with E-state index in [0.29, 0.717) is 32.8 Å². The number of benzene rings is 1. The topological polar surface area (TPSA) is 46.2 Å². The van der Waals surface area contributed by atoms with Crippen molar-refractivity contribution in [3.05, 3.63) is 34.3 Å². The Morgan fingerprint density at radius 3 is 2.00 bits per heavy atom. The van der Waals surface area contributed by atoms with E-state index in [-0.39, 0.29) is 0 Å². The summed E-state index contributed by atoms with van der Waals surface area (Å²) in [6.45, 7) is 12.4. The van der Waals surface area contributed by atoms with E-state index in [4.69, 9.17) is 11.6 Å². The second-order valence-corrected chi connectivity index (χ2v) is 15.5. The fourth-order valence-electron chi connectivity index (χ4n) is 3.68. The Morgan fingerprint density at radius 1 is 1.07 bits per heavy atom. The zero-order valence-corrected chi connectivity index (χ0v) is 19.5. The van der Waals surface area contributed by atoms with Gasteiger partial charge in [0.25, 0.3) is 0 Å². The van der Waals surface area contributed by atoms with Crippen LogP contribution in [0, 0.1) is 11.5 Å². The van der Waals surface area contributed by atoms with Gasteiger partial charge in [-0.1, -0.05) is 65.1 Å². The molecule has 0 bridgehead atoms. The average Bonchev–Trinajstić information content (AvgIpc) is 2.52. The first-order valence-corrected chi connectivity index (χ1v) is 13.1. The molecule has 0 heterocycles. The van der Waals surface area contributed by atoms with Crippen LogP contribution in [0.2, 0.25) is 21.6 Å². The van der Waals surface area contributed by atoms with Crippen molar-refractivity contribution in [2.24, 2.45) is 0 Å². The van der Waals surface area contributed by atoms with E-state index >= 15 is 0 Å². The smallest absolute Gasteiger partial charge is 0.203 e. The molecule has 1 aromatic carbocycles. The van der Waals surface area contributed by atoms with Gasteiger partial charge in [0.2, 0.25) is 0 Å². The molecule has 0 saturated carbocycles. The van der Waals surface area contributed by atoms with Gasteiger partial charge < -0.3 is 0 Å². The number of halogens is 4. The maximum Gasteiger partial charge on any atom is 0.511 e. The van der Waals surface area contributed by atoms with E-state index in [1.54, 1.807) is 10.8 Å². The Hall–Kier alpha value is -1.01. The average molecular weight is 454 g/mol. The molecular formula is C19H27ClF3NO2SSi. The van der Waals surface area contributed by atoms with Crippen molar-refractivity contribution in [1.29, 1.82) is 0 Å². The first kappa shape index (κ1) is 25.0. The van der Waals surface area contributed by atoms with Crippen molar-refractivity contribution in [2.75, 3.05) is 0 Å². The van der Waals surface area contributed by atoms with Crippen LogP contribution in [-0.2, 0) is 16.6 Å². The number of alkyl halides is 3. The molecule has 0 unspecified atom stereocenters. The van der Waals surface area contributed by atoms with E-state index in [1.807, 2.05) is 0 Å². The first-order chi connectivity index (χ1) is 12.6. The van der Waals surface area contributed by atoms with Gasteiger partial charge in [-0.25, -0.2) is 13.1 Å². The fraction of sp³-hybridized carbons (Fsp3) is 0.579. The molecule has 3 nitrogen and oxygen atoms in total. The molecule has 0 fully saturated rings. The minimum absolute atomic E-state index is 0.351. The quantitative estimate of drug-likeness (QED) is 0.433. The lowest BCUT2D eigenvalue weighted by molar-refractivity contribution is -0.0448. The number of sulfonamides is 1. The van der Waals surface area contributed by atoms with Gasteiger partial charge in [0, 0.05) is 17.1 Å². The van der Waals surface area contributed by atoms with E-state index in [1.165, 1.54) is 12.1 Å². The van der Waals surface area contributed by atoms with E-state index in [2.05, 4.69) is 53.0 Å². The zero-order valence-electron chi connectivity index (χ0n) is 16.9. The molecular weight excluding hydrogens is 427 g/mol. The third-order valence-electron chi connectivity index (χ3n) is 5.11. The van der Waals surface area contributed by atoms with Crippen LogP contribution in [0.25, 0.3) is 0 Å². The maximum absolute atomic E-state index is 12.6. The third-order valence-corrected chi connectivity index (χ3v) is 12.8. The molecule has 0 spiro atoms. The highest BCUT2D eigenvalue weighted by atomic mass is 35.5. The second kappa shape index (κ2) is 9.20. The van der Waals surface area contributed by atoms with Gasteiger partial charge in [-0.3, -0.25) is 0 Å². The molecule has 1 N–H and O–H groups in total. The molecule has 1 rings (SSSR count). The molecule has 9 heteroatoms. The van der Waals surface area contributed by atoms with Gasteiger partial charge in [0.1, 0.15) is 8.07 Å². The number of hydrogen-bond acceptors (Lipinski definition) is 2. The van der Waals surface area contributed by atoms with Crippen molar-refractivity contribution >= 4 is 29.7 Å². The largest absolute Gasteiger partial charge is 0.511 e. The monoisotopic (exact) mass is 453 g/mol. The van der Waals surface area contributed by atoms with Crippen LogP contribution >= 0.6 is 11.6 Å². The molecule has 0 aromatic heterocycles. The van der Waals surface area contributed by atoms with Crippen molar-refractivity contribution in [3.63, 3.8) is 0 Å². The lowest BCUT2D eigenvalue weighted by Crippen LogP contribution is -2.43. The molecule has 28 heavy (non-hydrogen) atoms. The molecule has 1 aromatic rings. The summed E-state index contributed by atoms with van der Waals surface area (Å²) >= 11 is 6.04. The molecule has 0 aliphatic carbocycles. The van der Waals surface area contributed by atoms with Crippen LogP contribution in [0.1, 0.15) is 52.7 Å². The fourth-order valence-corrected chi connectivity index (χ4v) is 9.58. The van der Waals surface area contributed by atoms with Crippen LogP contribution in [0.5, 0.6) is 0 Å². The Bertz CT molecular complexity index is 834. The maximum atomic E-state index is 12.6. The van der Waals surface area contributed by atoms with Crippen LogP contribution in [0.15, 0.2) is 18.2 Å². The van der Waals surface area contributed by atoms with Crippen LogP contribution in [-0.4, -0.2) is 22.0 Å². The van der Waals surface area contributed by atoms with Crippen molar-refractivity contribution < 1.29 is 21.6 Å². The van der Waals surface area contributed by atoms with Gasteiger partial charge in [0.15, 0.2) is 0 Å². The van der Waals surface area contributed by atoms with Gasteiger partial charge in [-0.05, 0) is 34.3 Å². The number of hydrogen-bond donors (Lipinski definition) is 1. The third kappa shape index (κ3) is 5.53. The molecule has 0 aliphatic heterocycles. The second-order valence-electron chi connectivity index (χ2n) is 7.72. The minimum Gasteiger partial charge on any atom is -0.203 e. The summed E-state index contributed by atoms with van der Waals surface area (Å²) in [5, 5.41) is 0.387. The lowest BCUT2D eigenvalue weighted by Gasteiger charge is -2.38. The van der Waals surface area contributed by atoms with Crippen molar-refractivity contribution in [2.45, 2.75) is 70.2 Å². The standard InChI is InChI=1S/C19H27ClF3NO2SSi/c1-13(2)28(14(3)4,15(5)6)10-9-16-11-18(20)8-7-17(16)12-24-27(25,26)19(21,22)23/h7-8,11,13-15,24H,12H2,1-6H3. The Morgan fingerprint density at radius 2 is 1.57 bits per heavy atom. The predicted octanol–water partition coefficient (Wildman–Crippen LogP) is 5.85. The number of rotatable bonds is 6. The van der Waals surface area contributed by atoms with Gasteiger partial charge in [-0.2, -0.15) is 13.2 Å². The summed E-state index contributed by atoms with van der Waals surface area (Å²) in [5.41, 5.74) is 0.0473. The van der Waals surface area contributed by atoms with Gasteiger partial charge in [0.05, 0.1) is 0 Å². The highest BCUT2D eigenvalue weighted by Gasteiger charge is 2.45. The van der Waals surface area contributed by atoms with Crippen LogP contribution < -0.4 is 4.72 Å². The molecule has 0 amide bonds. The molecule has 0 atom stereocenters. The summed E-state index contributed by atoms with van der Waals surface area (Å²) in [5.74, 6) is 3.13. The molecule has 0 aliphatic rings. The molecule has 0 saturated heterocycles. The summed E-state index contributed by atoms with van der Waals surface area (Å²) in [6.07, 6.45) is 0. The summed E-state index contributed by atoms with van der Waals surface area (Å²) in [7, 11) is -7.49. The lowest BCUT2D eigenvalue weighted by atomic mass is 10.1. The van der Waals surface area contributed by atoms with E-state index < -0.39 is 30.2 Å². The SMILES string of the molecule is CC(C)[Si](C#Cc1cc(Cl)ccc1CNS(=O)(=O)C(F)(F)F)(C(C)C)C(C)C. The highest BCUT2D eigenvalue weighted by Crippen LogP contribution is 2.40.